The van der Waals surface area contributed by atoms with Gasteiger partial charge in [-0.15, -0.1) is 0 Å². The minimum absolute atomic E-state index is 0.0428. The van der Waals surface area contributed by atoms with E-state index in [1.165, 1.54) is 16.7 Å². The van der Waals surface area contributed by atoms with Crippen LogP contribution in [0.3, 0.4) is 0 Å². The minimum Gasteiger partial charge on any atom is -0.477 e. The van der Waals surface area contributed by atoms with Crippen LogP contribution >= 0.6 is 0 Å². The molecule has 3 heterocycles. The highest BCUT2D eigenvalue weighted by Gasteiger charge is 2.32. The van der Waals surface area contributed by atoms with Crippen molar-refractivity contribution in [2.24, 2.45) is 5.73 Å². The fraction of sp³-hybridized carbons (Fsp3) is 0.200. The molecule has 9 heteroatoms. The Kier molecular flexibility index (Phi) is 3.66. The van der Waals surface area contributed by atoms with Crippen molar-refractivity contribution < 1.29 is 23.4 Å². The van der Waals surface area contributed by atoms with E-state index in [2.05, 4.69) is 0 Å². The SMILES string of the molecule is NC1CCN(c2c(F)cc3c(=O)c(C(=O)O)cn4c3c2Oc2cc(F)ccc2-4)C1. The van der Waals surface area contributed by atoms with Crippen LogP contribution in [-0.2, 0) is 0 Å². The van der Waals surface area contributed by atoms with E-state index >= 15 is 4.39 Å². The largest absolute Gasteiger partial charge is 0.477 e. The summed E-state index contributed by atoms with van der Waals surface area (Å²) in [5, 5.41) is 9.30. The molecule has 2 aliphatic rings. The summed E-state index contributed by atoms with van der Waals surface area (Å²) in [6.07, 6.45) is 1.82. The fourth-order valence-electron chi connectivity index (χ4n) is 4.02. The van der Waals surface area contributed by atoms with Crippen molar-refractivity contribution in [3.05, 3.63) is 57.9 Å². The summed E-state index contributed by atoms with van der Waals surface area (Å²) < 4.78 is 36.3. The summed E-state index contributed by atoms with van der Waals surface area (Å²) in [5.41, 5.74) is 5.33. The van der Waals surface area contributed by atoms with Crippen LogP contribution in [0.1, 0.15) is 16.8 Å². The zero-order valence-electron chi connectivity index (χ0n) is 15.0. The number of aromatic nitrogens is 1. The normalized spacial score (nSPS) is 17.3. The first-order valence-corrected chi connectivity index (χ1v) is 8.98. The molecule has 0 saturated carbocycles. The van der Waals surface area contributed by atoms with E-state index in [0.29, 0.717) is 25.2 Å². The number of anilines is 1. The quantitative estimate of drug-likeness (QED) is 0.538. The molecule has 29 heavy (non-hydrogen) atoms. The van der Waals surface area contributed by atoms with Crippen LogP contribution in [0.5, 0.6) is 11.5 Å². The Morgan fingerprint density at radius 3 is 2.76 bits per heavy atom. The highest BCUT2D eigenvalue weighted by atomic mass is 19.1. The van der Waals surface area contributed by atoms with Gasteiger partial charge in [0.05, 0.1) is 11.1 Å². The van der Waals surface area contributed by atoms with Crippen LogP contribution in [0.15, 0.2) is 35.3 Å². The van der Waals surface area contributed by atoms with Crippen LogP contribution < -0.4 is 20.8 Å². The van der Waals surface area contributed by atoms with Crippen molar-refractivity contribution in [3.8, 4) is 17.2 Å². The zero-order valence-corrected chi connectivity index (χ0v) is 15.0. The Labute approximate surface area is 162 Å². The minimum atomic E-state index is -1.44. The third-order valence-corrected chi connectivity index (χ3v) is 5.34. The second kappa shape index (κ2) is 6.02. The Balaban J connectivity index is 1.91. The van der Waals surface area contributed by atoms with Gasteiger partial charge >= 0.3 is 5.97 Å². The summed E-state index contributed by atoms with van der Waals surface area (Å²) in [7, 11) is 0. The number of hydrogen-bond donors (Lipinski definition) is 2. The van der Waals surface area contributed by atoms with Crippen molar-refractivity contribution >= 4 is 22.6 Å². The van der Waals surface area contributed by atoms with Gasteiger partial charge in [-0.25, -0.2) is 13.6 Å². The van der Waals surface area contributed by atoms with Gasteiger partial charge in [0.1, 0.15) is 22.6 Å². The van der Waals surface area contributed by atoms with Crippen LogP contribution in [0, 0.1) is 11.6 Å². The summed E-state index contributed by atoms with van der Waals surface area (Å²) >= 11 is 0. The molecule has 1 unspecified atom stereocenters. The molecule has 1 aromatic heterocycles. The summed E-state index contributed by atoms with van der Waals surface area (Å²) in [4.78, 5) is 26.0. The van der Waals surface area contributed by atoms with Crippen LogP contribution in [-0.4, -0.2) is 34.8 Å². The molecule has 0 bridgehead atoms. The first kappa shape index (κ1) is 17.6. The number of aromatic carboxylic acids is 1. The molecular weight excluding hydrogens is 384 g/mol. The van der Waals surface area contributed by atoms with Crippen molar-refractivity contribution in [2.75, 3.05) is 18.0 Å². The molecule has 0 aliphatic carbocycles. The van der Waals surface area contributed by atoms with Crippen LogP contribution in [0.4, 0.5) is 14.5 Å². The van der Waals surface area contributed by atoms with Crippen molar-refractivity contribution in [1.29, 1.82) is 0 Å². The molecule has 1 atom stereocenters. The molecule has 1 fully saturated rings. The molecule has 0 radical (unpaired) electrons. The molecule has 0 amide bonds. The van der Waals surface area contributed by atoms with E-state index in [4.69, 9.17) is 10.5 Å². The highest BCUT2D eigenvalue weighted by molar-refractivity contribution is 5.99. The van der Waals surface area contributed by atoms with E-state index in [9.17, 15) is 19.1 Å². The molecule has 7 nitrogen and oxygen atoms in total. The fourth-order valence-corrected chi connectivity index (χ4v) is 4.02. The van der Waals surface area contributed by atoms with Gasteiger partial charge in [0.15, 0.2) is 17.3 Å². The number of halogens is 2. The smallest absolute Gasteiger partial charge is 0.341 e. The van der Waals surface area contributed by atoms with Gasteiger partial charge in [0, 0.05) is 31.4 Å². The van der Waals surface area contributed by atoms with Crippen LogP contribution in [0.25, 0.3) is 16.6 Å². The third-order valence-electron chi connectivity index (χ3n) is 5.34. The number of hydrogen-bond acceptors (Lipinski definition) is 5. The Morgan fingerprint density at radius 1 is 1.28 bits per heavy atom. The number of pyridine rings is 1. The van der Waals surface area contributed by atoms with Crippen molar-refractivity contribution in [3.63, 3.8) is 0 Å². The molecule has 5 rings (SSSR count). The van der Waals surface area contributed by atoms with E-state index in [-0.39, 0.29) is 34.1 Å². The number of benzene rings is 2. The topological polar surface area (TPSA) is 97.8 Å². The molecule has 0 spiro atoms. The standard InChI is InChI=1S/C20H15F2N3O4/c21-9-1-2-14-15(5-9)29-19-16-11(18(26)12(20(27)28)8-25(14)16)6-13(22)17(19)24-4-3-10(23)7-24/h1-2,5-6,8,10H,3-4,7,23H2,(H,27,28). The molecule has 148 valence electrons. The van der Waals surface area contributed by atoms with Gasteiger partial charge in [-0.05, 0) is 24.6 Å². The number of carbonyl (C=O) groups is 1. The number of ether oxygens (including phenoxy) is 1. The monoisotopic (exact) mass is 399 g/mol. The van der Waals surface area contributed by atoms with Gasteiger partial charge in [-0.2, -0.15) is 0 Å². The predicted molar refractivity (Wildman–Crippen MR) is 101 cm³/mol. The highest BCUT2D eigenvalue weighted by Crippen LogP contribution is 2.47. The number of rotatable bonds is 2. The Hall–Kier alpha value is -3.46. The Morgan fingerprint density at radius 2 is 2.07 bits per heavy atom. The van der Waals surface area contributed by atoms with Gasteiger partial charge in [0.2, 0.25) is 5.43 Å². The van der Waals surface area contributed by atoms with E-state index in [1.807, 2.05) is 0 Å². The second-order valence-electron chi connectivity index (χ2n) is 7.19. The number of fused-ring (bicyclic) bond motifs is 2. The molecule has 3 N–H and O–H groups in total. The van der Waals surface area contributed by atoms with Crippen LogP contribution in [0.2, 0.25) is 0 Å². The maximum Gasteiger partial charge on any atom is 0.341 e. The van der Waals surface area contributed by atoms with E-state index in [0.717, 1.165) is 18.3 Å². The maximum absolute atomic E-state index is 15.1. The average molecular weight is 399 g/mol. The first-order valence-electron chi connectivity index (χ1n) is 8.98. The number of carboxylic acid groups (broad SMARTS) is 1. The van der Waals surface area contributed by atoms with Crippen molar-refractivity contribution in [1.82, 2.24) is 4.57 Å². The zero-order chi connectivity index (χ0) is 20.4. The predicted octanol–water partition coefficient (Wildman–Crippen LogP) is 2.61. The number of nitrogens with two attached hydrogens (primary N) is 1. The number of carboxylic acids is 1. The molecule has 2 aromatic carbocycles. The second-order valence-corrected chi connectivity index (χ2v) is 7.19. The Bertz CT molecular complexity index is 1270. The number of nitrogens with zero attached hydrogens (tertiary/aromatic N) is 2. The lowest BCUT2D eigenvalue weighted by Gasteiger charge is -2.29. The maximum atomic E-state index is 15.1. The van der Waals surface area contributed by atoms with Gasteiger partial charge in [0.25, 0.3) is 0 Å². The van der Waals surface area contributed by atoms with Gasteiger partial charge < -0.3 is 25.0 Å². The summed E-state index contributed by atoms with van der Waals surface area (Å²) in [5.74, 6) is -2.60. The van der Waals surface area contributed by atoms with E-state index < -0.39 is 28.6 Å². The molecule has 2 aliphatic heterocycles. The summed E-state index contributed by atoms with van der Waals surface area (Å²) in [6.45, 7) is 0.889. The molecular formula is C20H15F2N3O4. The average Bonchev–Trinajstić information content (AvgIpc) is 3.08. The lowest BCUT2D eigenvalue weighted by atomic mass is 10.1. The third kappa shape index (κ3) is 2.51. The molecule has 1 saturated heterocycles. The van der Waals surface area contributed by atoms with E-state index in [1.54, 1.807) is 4.90 Å². The lowest BCUT2D eigenvalue weighted by molar-refractivity contribution is 0.0695. The van der Waals surface area contributed by atoms with Crippen molar-refractivity contribution in [2.45, 2.75) is 12.5 Å². The van der Waals surface area contributed by atoms with Gasteiger partial charge in [-0.3, -0.25) is 4.79 Å². The van der Waals surface area contributed by atoms with Gasteiger partial charge in [-0.1, -0.05) is 0 Å². The first-order chi connectivity index (χ1) is 13.8. The summed E-state index contributed by atoms with van der Waals surface area (Å²) in [6, 6.07) is 4.63. The molecule has 3 aromatic rings. The lowest BCUT2D eigenvalue weighted by Crippen LogP contribution is -2.28.